The van der Waals surface area contributed by atoms with Crippen LogP contribution in [-0.2, 0) is 6.54 Å². The summed E-state index contributed by atoms with van der Waals surface area (Å²) >= 11 is 0. The fraction of sp³-hybridized carbons (Fsp3) is 0.0909. The van der Waals surface area contributed by atoms with Crippen LogP contribution >= 0.6 is 0 Å². The second-order valence-electron chi connectivity index (χ2n) is 3.41. The standard InChI is InChI=1S/C11H8F2N2O2/c12-8-2-1-3-9(13)7(8)6-15-10(16)4-5-14-11(15)17/h1-5H,6H2,(H,14,17). The zero-order valence-corrected chi connectivity index (χ0v) is 8.61. The Hall–Kier alpha value is -2.24. The molecule has 0 fully saturated rings. The molecule has 2 rings (SSSR count). The van der Waals surface area contributed by atoms with Crippen LogP contribution in [0.1, 0.15) is 5.56 Å². The number of H-pyrrole nitrogens is 1. The minimum atomic E-state index is -0.792. The zero-order valence-electron chi connectivity index (χ0n) is 8.61. The van der Waals surface area contributed by atoms with Gasteiger partial charge in [0.15, 0.2) is 0 Å². The summed E-state index contributed by atoms with van der Waals surface area (Å²) in [6, 6.07) is 4.47. The van der Waals surface area contributed by atoms with E-state index in [-0.39, 0.29) is 5.56 Å². The van der Waals surface area contributed by atoms with Gasteiger partial charge in [0.1, 0.15) is 11.6 Å². The highest BCUT2D eigenvalue weighted by atomic mass is 19.1. The molecule has 0 aliphatic rings. The summed E-state index contributed by atoms with van der Waals surface area (Å²) in [6.45, 7) is -0.437. The molecule has 0 radical (unpaired) electrons. The molecule has 1 aromatic heterocycles. The van der Waals surface area contributed by atoms with Crippen molar-refractivity contribution in [3.8, 4) is 0 Å². The van der Waals surface area contributed by atoms with E-state index >= 15 is 0 Å². The third-order valence-corrected chi connectivity index (χ3v) is 2.32. The second-order valence-corrected chi connectivity index (χ2v) is 3.41. The Morgan fingerprint density at radius 1 is 1.12 bits per heavy atom. The number of nitrogens with one attached hydrogen (secondary N) is 1. The average Bonchev–Trinajstić information content (AvgIpc) is 2.27. The van der Waals surface area contributed by atoms with Gasteiger partial charge in [0.25, 0.3) is 5.56 Å². The molecule has 0 amide bonds. The first-order chi connectivity index (χ1) is 8.09. The molecule has 0 aliphatic carbocycles. The molecule has 2 aromatic rings. The largest absolute Gasteiger partial charge is 0.328 e. The highest BCUT2D eigenvalue weighted by molar-refractivity contribution is 5.20. The van der Waals surface area contributed by atoms with Crippen LogP contribution in [0.4, 0.5) is 8.78 Å². The van der Waals surface area contributed by atoms with Crippen molar-refractivity contribution >= 4 is 0 Å². The summed E-state index contributed by atoms with van der Waals surface area (Å²) in [6.07, 6.45) is 1.18. The van der Waals surface area contributed by atoms with Crippen molar-refractivity contribution < 1.29 is 8.78 Å². The van der Waals surface area contributed by atoms with Crippen molar-refractivity contribution in [3.63, 3.8) is 0 Å². The van der Waals surface area contributed by atoms with Crippen LogP contribution in [0.2, 0.25) is 0 Å². The summed E-state index contributed by atoms with van der Waals surface area (Å²) in [5, 5.41) is 0. The molecule has 0 bridgehead atoms. The maximum absolute atomic E-state index is 13.3. The van der Waals surface area contributed by atoms with Crippen molar-refractivity contribution in [3.05, 3.63) is 68.5 Å². The third kappa shape index (κ3) is 2.15. The summed E-state index contributed by atoms with van der Waals surface area (Å²) in [7, 11) is 0. The number of rotatable bonds is 2. The van der Waals surface area contributed by atoms with E-state index in [2.05, 4.69) is 4.98 Å². The molecule has 0 spiro atoms. The molecule has 4 nitrogen and oxygen atoms in total. The van der Waals surface area contributed by atoms with Gasteiger partial charge in [-0.2, -0.15) is 0 Å². The van der Waals surface area contributed by atoms with Crippen molar-refractivity contribution in [1.82, 2.24) is 9.55 Å². The molecule has 1 aromatic carbocycles. The molecular formula is C11H8F2N2O2. The number of aromatic amines is 1. The Kier molecular flexibility index (Phi) is 2.86. The first-order valence-corrected chi connectivity index (χ1v) is 4.81. The highest BCUT2D eigenvalue weighted by Gasteiger charge is 2.11. The van der Waals surface area contributed by atoms with Crippen LogP contribution < -0.4 is 11.2 Å². The van der Waals surface area contributed by atoms with Crippen LogP contribution in [0.15, 0.2) is 40.1 Å². The van der Waals surface area contributed by atoms with E-state index in [1.165, 1.54) is 12.3 Å². The summed E-state index contributed by atoms with van der Waals surface area (Å²) < 4.78 is 27.4. The van der Waals surface area contributed by atoms with Crippen LogP contribution in [0.3, 0.4) is 0 Å². The van der Waals surface area contributed by atoms with E-state index in [0.29, 0.717) is 0 Å². The van der Waals surface area contributed by atoms with E-state index in [1.54, 1.807) is 0 Å². The molecule has 1 N–H and O–H groups in total. The number of aromatic nitrogens is 2. The molecule has 0 saturated heterocycles. The number of hydrogen-bond donors (Lipinski definition) is 1. The van der Waals surface area contributed by atoms with Crippen LogP contribution in [-0.4, -0.2) is 9.55 Å². The highest BCUT2D eigenvalue weighted by Crippen LogP contribution is 2.11. The molecule has 0 aliphatic heterocycles. The Labute approximate surface area is 94.2 Å². The second kappa shape index (κ2) is 4.32. The molecule has 88 valence electrons. The average molecular weight is 238 g/mol. The van der Waals surface area contributed by atoms with Gasteiger partial charge in [0, 0.05) is 17.8 Å². The van der Waals surface area contributed by atoms with Crippen molar-refractivity contribution in [2.45, 2.75) is 6.54 Å². The monoisotopic (exact) mass is 238 g/mol. The number of halogens is 2. The smallest absolute Gasteiger partial charge is 0.314 e. The normalized spacial score (nSPS) is 10.5. The minimum absolute atomic E-state index is 0.314. The maximum Gasteiger partial charge on any atom is 0.328 e. The number of hydrogen-bond acceptors (Lipinski definition) is 2. The van der Waals surface area contributed by atoms with Gasteiger partial charge in [0.2, 0.25) is 0 Å². The van der Waals surface area contributed by atoms with Gasteiger partial charge in [0.05, 0.1) is 6.54 Å². The van der Waals surface area contributed by atoms with Crippen LogP contribution in [0.25, 0.3) is 0 Å². The lowest BCUT2D eigenvalue weighted by molar-refractivity contribution is 0.536. The zero-order chi connectivity index (χ0) is 12.4. The minimum Gasteiger partial charge on any atom is -0.314 e. The van der Waals surface area contributed by atoms with Gasteiger partial charge in [-0.15, -0.1) is 0 Å². The van der Waals surface area contributed by atoms with Gasteiger partial charge in [-0.3, -0.25) is 9.36 Å². The molecule has 6 heteroatoms. The Morgan fingerprint density at radius 2 is 1.76 bits per heavy atom. The fourth-order valence-electron chi connectivity index (χ4n) is 1.44. The number of benzene rings is 1. The van der Waals surface area contributed by atoms with Gasteiger partial charge < -0.3 is 4.98 Å². The molecule has 1 heterocycles. The Bertz CT molecular complexity index is 613. The Morgan fingerprint density at radius 3 is 2.35 bits per heavy atom. The lowest BCUT2D eigenvalue weighted by Gasteiger charge is -2.06. The van der Waals surface area contributed by atoms with Gasteiger partial charge >= 0.3 is 5.69 Å². The topological polar surface area (TPSA) is 54.9 Å². The summed E-state index contributed by atoms with van der Waals surface area (Å²) in [5.41, 5.74) is -1.64. The van der Waals surface area contributed by atoms with Crippen molar-refractivity contribution in [2.75, 3.05) is 0 Å². The molecular weight excluding hydrogens is 230 g/mol. The van der Waals surface area contributed by atoms with Gasteiger partial charge in [-0.05, 0) is 12.1 Å². The SMILES string of the molecule is O=c1cc[nH]c(=O)n1Cc1c(F)cccc1F. The Balaban J connectivity index is 2.53. The van der Waals surface area contributed by atoms with E-state index in [0.717, 1.165) is 22.8 Å². The number of nitrogens with zero attached hydrogens (tertiary/aromatic N) is 1. The maximum atomic E-state index is 13.3. The lowest BCUT2D eigenvalue weighted by Crippen LogP contribution is -2.34. The van der Waals surface area contributed by atoms with Crippen molar-refractivity contribution in [1.29, 1.82) is 0 Å². The van der Waals surface area contributed by atoms with Gasteiger partial charge in [-0.25, -0.2) is 13.6 Å². The van der Waals surface area contributed by atoms with Crippen molar-refractivity contribution in [2.24, 2.45) is 0 Å². The molecule has 0 atom stereocenters. The predicted molar refractivity (Wildman–Crippen MR) is 56.8 cm³/mol. The van der Waals surface area contributed by atoms with E-state index in [4.69, 9.17) is 0 Å². The molecule has 0 unspecified atom stereocenters. The molecule has 17 heavy (non-hydrogen) atoms. The first kappa shape index (κ1) is 11.3. The molecule has 0 saturated carbocycles. The quantitative estimate of drug-likeness (QED) is 0.843. The van der Waals surface area contributed by atoms with E-state index in [9.17, 15) is 18.4 Å². The summed E-state index contributed by atoms with van der Waals surface area (Å²) in [4.78, 5) is 25.0. The van der Waals surface area contributed by atoms with Gasteiger partial charge in [-0.1, -0.05) is 6.07 Å². The predicted octanol–water partition coefficient (Wildman–Crippen LogP) is 0.863. The van der Waals surface area contributed by atoms with Crippen LogP contribution in [0.5, 0.6) is 0 Å². The van der Waals surface area contributed by atoms with E-state index in [1.807, 2.05) is 0 Å². The first-order valence-electron chi connectivity index (χ1n) is 4.81. The third-order valence-electron chi connectivity index (χ3n) is 2.32. The van der Waals surface area contributed by atoms with Crippen LogP contribution in [0, 0.1) is 11.6 Å². The summed E-state index contributed by atoms with van der Waals surface area (Å²) in [5.74, 6) is -1.58. The van der Waals surface area contributed by atoms with E-state index < -0.39 is 29.4 Å². The fourth-order valence-corrected chi connectivity index (χ4v) is 1.44. The lowest BCUT2D eigenvalue weighted by atomic mass is 10.2.